The van der Waals surface area contributed by atoms with Crippen molar-refractivity contribution in [2.45, 2.75) is 174 Å². The maximum atomic E-state index is 12.6. The number of aliphatic carboxylic acids is 1. The molecule has 2 atom stereocenters. The summed E-state index contributed by atoms with van der Waals surface area (Å²) in [5, 5.41) is 11.6. The first-order chi connectivity index (χ1) is 26.1. The van der Waals surface area contributed by atoms with Crippen molar-refractivity contribution >= 4 is 17.9 Å². The van der Waals surface area contributed by atoms with Crippen LogP contribution in [-0.2, 0) is 28.6 Å². The number of nitrogens with zero attached hydrogens (tertiary/aromatic N) is 1. The fourth-order valence-corrected chi connectivity index (χ4v) is 5.79. The molecule has 0 aromatic carbocycles. The van der Waals surface area contributed by atoms with Crippen LogP contribution in [0, 0.1) is 0 Å². The highest BCUT2D eigenvalue weighted by molar-refractivity contribution is 5.70. The van der Waals surface area contributed by atoms with Gasteiger partial charge in [0.25, 0.3) is 0 Å². The minimum atomic E-state index is -1.13. The Labute approximate surface area is 330 Å². The average Bonchev–Trinajstić information content (AvgIpc) is 3.12. The second-order valence-electron chi connectivity index (χ2n) is 15.2. The number of rotatable bonds is 37. The van der Waals surface area contributed by atoms with Crippen molar-refractivity contribution in [2.75, 3.05) is 41.0 Å². The minimum absolute atomic E-state index is 0.0257. The number of likely N-dealkylation sites (N-methyl/N-ethyl adjacent to an activating group) is 1. The predicted octanol–water partition coefficient (Wildman–Crippen LogP) is 10.1. The van der Waals surface area contributed by atoms with Crippen LogP contribution >= 0.6 is 0 Å². The van der Waals surface area contributed by atoms with Crippen LogP contribution in [0.2, 0.25) is 0 Å². The van der Waals surface area contributed by atoms with Gasteiger partial charge in [-0.25, -0.2) is 0 Å². The molecule has 0 rings (SSSR count). The van der Waals surface area contributed by atoms with Crippen molar-refractivity contribution in [3.05, 3.63) is 60.8 Å². The number of allylic oxidation sites excluding steroid dienone is 10. The van der Waals surface area contributed by atoms with Crippen molar-refractivity contribution in [2.24, 2.45) is 0 Å². The topological polar surface area (TPSA) is 102 Å². The summed E-state index contributed by atoms with van der Waals surface area (Å²) in [6.45, 7) is 4.55. The molecule has 0 saturated heterocycles. The fourth-order valence-electron chi connectivity index (χ4n) is 5.79. The summed E-state index contributed by atoms with van der Waals surface area (Å²) < 4.78 is 17.1. The lowest BCUT2D eigenvalue weighted by atomic mass is 10.1. The number of hydrogen-bond donors (Lipinski definition) is 0. The third-order valence-corrected chi connectivity index (χ3v) is 9.16. The number of ether oxygens (including phenoxy) is 3. The van der Waals surface area contributed by atoms with Gasteiger partial charge in [-0.1, -0.05) is 139 Å². The Balaban J connectivity index is 4.38. The normalized spacial score (nSPS) is 13.6. The van der Waals surface area contributed by atoms with E-state index < -0.39 is 18.1 Å². The van der Waals surface area contributed by atoms with Crippen molar-refractivity contribution < 1.29 is 38.2 Å². The number of carbonyl (C=O) groups excluding carboxylic acids is 3. The molecule has 0 radical (unpaired) electrons. The second-order valence-corrected chi connectivity index (χ2v) is 15.2. The molecule has 0 saturated carbocycles. The van der Waals surface area contributed by atoms with E-state index in [1.807, 2.05) is 0 Å². The van der Waals surface area contributed by atoms with E-state index in [-0.39, 0.29) is 42.7 Å². The summed E-state index contributed by atoms with van der Waals surface area (Å²) in [4.78, 5) is 36.7. The molecule has 0 N–H and O–H groups in total. The van der Waals surface area contributed by atoms with E-state index in [2.05, 4.69) is 74.6 Å². The summed E-state index contributed by atoms with van der Waals surface area (Å²) >= 11 is 0. The summed E-state index contributed by atoms with van der Waals surface area (Å²) in [6.07, 6.45) is 43.9. The molecule has 0 bridgehead atoms. The van der Waals surface area contributed by atoms with Crippen LogP contribution in [0.4, 0.5) is 0 Å². The first-order valence-electron chi connectivity index (χ1n) is 21.3. The molecule has 0 fully saturated rings. The van der Waals surface area contributed by atoms with Gasteiger partial charge in [-0.2, -0.15) is 0 Å². The molecule has 0 heterocycles. The van der Waals surface area contributed by atoms with Crippen molar-refractivity contribution in [1.29, 1.82) is 0 Å². The predicted molar refractivity (Wildman–Crippen MR) is 222 cm³/mol. The Morgan fingerprint density at radius 3 is 1.48 bits per heavy atom. The highest BCUT2D eigenvalue weighted by Gasteiger charge is 2.25. The highest BCUT2D eigenvalue weighted by Crippen LogP contribution is 2.13. The lowest BCUT2D eigenvalue weighted by molar-refractivity contribution is -0.889. The van der Waals surface area contributed by atoms with E-state index in [1.165, 1.54) is 64.2 Å². The first kappa shape index (κ1) is 51.0. The molecule has 2 unspecified atom stereocenters. The molecule has 0 aliphatic rings. The molecule has 8 heteroatoms. The minimum Gasteiger partial charge on any atom is -0.544 e. The molecule has 0 spiro atoms. The highest BCUT2D eigenvalue weighted by atomic mass is 16.6. The summed E-state index contributed by atoms with van der Waals surface area (Å²) in [7, 11) is 5.38. The number of unbranched alkanes of at least 4 members (excludes halogenated alkanes) is 13. The second kappa shape index (κ2) is 37.0. The van der Waals surface area contributed by atoms with E-state index in [1.54, 1.807) is 21.1 Å². The molecule has 54 heavy (non-hydrogen) atoms. The largest absolute Gasteiger partial charge is 0.544 e. The van der Waals surface area contributed by atoms with E-state index in [4.69, 9.17) is 14.2 Å². The zero-order chi connectivity index (χ0) is 40.0. The zero-order valence-corrected chi connectivity index (χ0v) is 35.1. The van der Waals surface area contributed by atoms with Gasteiger partial charge in [-0.15, -0.1) is 0 Å². The Bertz CT molecular complexity index is 1070. The fraction of sp³-hybridized carbons (Fsp3) is 0.717. The maximum Gasteiger partial charge on any atom is 0.306 e. The Hall–Kier alpha value is -2.97. The average molecular weight is 758 g/mol. The number of esters is 2. The molecule has 0 aromatic rings. The van der Waals surface area contributed by atoms with Crippen LogP contribution in [0.15, 0.2) is 60.8 Å². The molecule has 310 valence electrons. The lowest BCUT2D eigenvalue weighted by Crippen LogP contribution is -2.55. The Morgan fingerprint density at radius 1 is 0.556 bits per heavy atom. The van der Waals surface area contributed by atoms with Crippen molar-refractivity contribution in [1.82, 2.24) is 0 Å². The van der Waals surface area contributed by atoms with Crippen LogP contribution in [0.25, 0.3) is 0 Å². The van der Waals surface area contributed by atoms with Gasteiger partial charge in [0.15, 0.2) is 6.10 Å². The van der Waals surface area contributed by atoms with Gasteiger partial charge < -0.3 is 28.6 Å². The Kier molecular flexibility index (Phi) is 34.9. The molecular weight excluding hydrogens is 679 g/mol. The van der Waals surface area contributed by atoms with Gasteiger partial charge in [-0.05, 0) is 64.2 Å². The molecule has 0 amide bonds. The van der Waals surface area contributed by atoms with E-state index in [0.717, 1.165) is 57.8 Å². The van der Waals surface area contributed by atoms with E-state index in [9.17, 15) is 19.5 Å². The molecule has 0 aliphatic heterocycles. The van der Waals surface area contributed by atoms with E-state index in [0.29, 0.717) is 19.3 Å². The van der Waals surface area contributed by atoms with Gasteiger partial charge in [0.1, 0.15) is 12.6 Å². The van der Waals surface area contributed by atoms with Crippen LogP contribution in [0.3, 0.4) is 0 Å². The molecule has 8 nitrogen and oxygen atoms in total. The van der Waals surface area contributed by atoms with E-state index >= 15 is 0 Å². The number of carboxylic acid groups (broad SMARTS) is 1. The van der Waals surface area contributed by atoms with Crippen molar-refractivity contribution in [3.8, 4) is 0 Å². The summed E-state index contributed by atoms with van der Waals surface area (Å²) in [6, 6.07) is -0.732. The lowest BCUT2D eigenvalue weighted by Gasteiger charge is -2.34. The van der Waals surface area contributed by atoms with Gasteiger partial charge in [-0.3, -0.25) is 9.59 Å². The third kappa shape index (κ3) is 34.8. The molecule has 0 aromatic heterocycles. The molecular formula is C46H79NO7. The van der Waals surface area contributed by atoms with Gasteiger partial charge in [0.05, 0.1) is 40.3 Å². The first-order valence-corrected chi connectivity index (χ1v) is 21.3. The number of quaternary nitrogens is 1. The summed E-state index contributed by atoms with van der Waals surface area (Å²) in [5.74, 6) is -1.80. The standard InChI is InChI=1S/C46H79NO7/c1-6-8-10-12-14-16-17-18-19-20-21-22-23-24-25-26-27-29-30-32-34-36-44(48)53-41-42(40-52-39-38-43(46(50)51)47(3,4)5)54-45(49)37-35-33-31-28-15-13-11-9-7-2/h14,16,18-19,21-22,24-25,27,29,42-43H,6-13,15,17,20,23,26,28,30-41H2,1-5H3/b16-14+,19-18+,22-21+,25-24+,29-27+. The third-order valence-electron chi connectivity index (χ3n) is 9.16. The van der Waals surface area contributed by atoms with Gasteiger partial charge in [0.2, 0.25) is 0 Å². The van der Waals surface area contributed by atoms with Gasteiger partial charge in [0, 0.05) is 19.3 Å². The van der Waals surface area contributed by atoms with Crippen LogP contribution in [-0.4, -0.2) is 75.5 Å². The zero-order valence-electron chi connectivity index (χ0n) is 35.1. The number of carbonyl (C=O) groups is 3. The summed E-state index contributed by atoms with van der Waals surface area (Å²) in [5.41, 5.74) is 0. The van der Waals surface area contributed by atoms with Crippen molar-refractivity contribution in [3.63, 3.8) is 0 Å². The van der Waals surface area contributed by atoms with Crippen LogP contribution in [0.1, 0.15) is 162 Å². The maximum absolute atomic E-state index is 12.6. The monoisotopic (exact) mass is 758 g/mol. The number of carboxylic acids is 1. The van der Waals surface area contributed by atoms with Crippen LogP contribution in [0.5, 0.6) is 0 Å². The number of hydrogen-bond acceptors (Lipinski definition) is 7. The quantitative estimate of drug-likeness (QED) is 0.0269. The Morgan fingerprint density at radius 2 is 0.981 bits per heavy atom. The van der Waals surface area contributed by atoms with Crippen LogP contribution < -0.4 is 5.11 Å². The smallest absolute Gasteiger partial charge is 0.306 e. The SMILES string of the molecule is CCCCC/C=C/C/C=C/C/C=C/C/C=C/C/C=C/CCCCC(=O)OCC(COCCC(C(=O)[O-])[N+](C)(C)C)OC(=O)CCCCCCCCCCC. The molecule has 0 aliphatic carbocycles. The van der Waals surface area contributed by atoms with Gasteiger partial charge >= 0.3 is 11.9 Å².